The highest BCUT2D eigenvalue weighted by atomic mass is 16.2. The summed E-state index contributed by atoms with van der Waals surface area (Å²) >= 11 is 0. The summed E-state index contributed by atoms with van der Waals surface area (Å²) in [7, 11) is 0. The molecule has 1 unspecified atom stereocenters. The van der Waals surface area contributed by atoms with Crippen LogP contribution >= 0.6 is 0 Å². The molecule has 3 N–H and O–H groups in total. The van der Waals surface area contributed by atoms with Crippen LogP contribution in [0.15, 0.2) is 0 Å². The minimum atomic E-state index is -0.126. The number of nitrogens with one attached hydrogen (secondary N) is 3. The van der Waals surface area contributed by atoms with Gasteiger partial charge in [0.25, 0.3) is 11.8 Å². The van der Waals surface area contributed by atoms with Gasteiger partial charge in [-0.2, -0.15) is 0 Å². The Kier molecular flexibility index (Phi) is 3.44. The number of quaternary nitrogens is 1. The van der Waals surface area contributed by atoms with Crippen molar-refractivity contribution in [2.45, 2.75) is 57.0 Å². The Morgan fingerprint density at radius 2 is 1.82 bits per heavy atom. The quantitative estimate of drug-likeness (QED) is 0.657. The number of amides is 2. The highest BCUT2D eigenvalue weighted by Gasteiger charge is 2.52. The second-order valence-corrected chi connectivity index (χ2v) is 8.34. The Morgan fingerprint density at radius 3 is 2.36 bits per heavy atom. The van der Waals surface area contributed by atoms with Crippen LogP contribution in [0.5, 0.6) is 0 Å². The van der Waals surface area contributed by atoms with Crippen LogP contribution in [0.4, 0.5) is 0 Å². The smallest absolute Gasteiger partial charge is 0.278 e. The Labute approximate surface area is 132 Å². The molecule has 122 valence electrons. The summed E-state index contributed by atoms with van der Waals surface area (Å²) in [4.78, 5) is 25.4. The summed E-state index contributed by atoms with van der Waals surface area (Å²) < 4.78 is 0. The van der Waals surface area contributed by atoms with Crippen LogP contribution in [-0.2, 0) is 9.59 Å². The normalized spacial score (nSPS) is 44.5. The van der Waals surface area contributed by atoms with Crippen molar-refractivity contribution in [3.8, 4) is 0 Å². The Balaban J connectivity index is 1.42. The van der Waals surface area contributed by atoms with Gasteiger partial charge >= 0.3 is 0 Å². The summed E-state index contributed by atoms with van der Waals surface area (Å²) in [5, 5.41) is 6.29. The van der Waals surface area contributed by atoms with E-state index in [1.54, 1.807) is 0 Å². The van der Waals surface area contributed by atoms with E-state index in [1.807, 2.05) is 6.92 Å². The average Bonchev–Trinajstić information content (AvgIpc) is 2.44. The third-order valence-corrected chi connectivity index (χ3v) is 6.59. The van der Waals surface area contributed by atoms with Gasteiger partial charge in [0.15, 0.2) is 12.6 Å². The van der Waals surface area contributed by atoms with E-state index < -0.39 is 0 Å². The number of rotatable bonds is 3. The average molecular weight is 306 g/mol. The van der Waals surface area contributed by atoms with Crippen LogP contribution in [0.2, 0.25) is 0 Å². The van der Waals surface area contributed by atoms with Crippen molar-refractivity contribution in [3.05, 3.63) is 0 Å². The molecule has 5 heteroatoms. The molecule has 22 heavy (non-hydrogen) atoms. The fourth-order valence-electron chi connectivity index (χ4n) is 5.91. The standard InChI is InChI=1S/C17H27N3O2/c1-11(20-3-2-18-15(21)10-20)16(22)19-17-7-12-4-13(8-17)6-14(5-12)9-17/h11-14H,2-10H2,1H3,(H,18,21)(H,19,22)/p+1/t11-,12?,13?,14?,17?/m0/s1. The van der Waals surface area contributed by atoms with E-state index >= 15 is 0 Å². The van der Waals surface area contributed by atoms with Gasteiger partial charge in [-0.05, 0) is 63.2 Å². The van der Waals surface area contributed by atoms with Gasteiger partial charge in [0.05, 0.1) is 13.1 Å². The number of hydrogen-bond donors (Lipinski definition) is 3. The molecule has 4 saturated carbocycles. The molecule has 0 aromatic heterocycles. The highest BCUT2D eigenvalue weighted by Crippen LogP contribution is 2.55. The second-order valence-electron chi connectivity index (χ2n) is 8.34. The maximum atomic E-state index is 12.8. The van der Waals surface area contributed by atoms with Gasteiger partial charge in [0.2, 0.25) is 0 Å². The summed E-state index contributed by atoms with van der Waals surface area (Å²) in [5.74, 6) is 2.75. The highest BCUT2D eigenvalue weighted by molar-refractivity contribution is 5.82. The van der Waals surface area contributed by atoms with Crippen LogP contribution in [-0.4, -0.2) is 43.0 Å². The van der Waals surface area contributed by atoms with Gasteiger partial charge in [0, 0.05) is 5.54 Å². The van der Waals surface area contributed by atoms with Gasteiger partial charge in [-0.25, -0.2) is 0 Å². The molecule has 2 atom stereocenters. The Hall–Kier alpha value is -1.10. The molecular weight excluding hydrogens is 278 g/mol. The number of hydrogen-bond acceptors (Lipinski definition) is 2. The molecule has 4 aliphatic carbocycles. The lowest BCUT2D eigenvalue weighted by molar-refractivity contribution is -0.907. The maximum Gasteiger partial charge on any atom is 0.278 e. The zero-order valence-electron chi connectivity index (χ0n) is 13.5. The van der Waals surface area contributed by atoms with Crippen molar-refractivity contribution in [3.63, 3.8) is 0 Å². The molecule has 4 bridgehead atoms. The van der Waals surface area contributed by atoms with E-state index in [2.05, 4.69) is 10.6 Å². The van der Waals surface area contributed by atoms with Gasteiger partial charge < -0.3 is 15.5 Å². The summed E-state index contributed by atoms with van der Waals surface area (Å²) in [5.41, 5.74) is 0.0809. The van der Waals surface area contributed by atoms with Gasteiger partial charge in [-0.3, -0.25) is 9.59 Å². The van der Waals surface area contributed by atoms with Crippen molar-refractivity contribution < 1.29 is 14.5 Å². The van der Waals surface area contributed by atoms with Crippen LogP contribution in [0, 0.1) is 17.8 Å². The molecule has 5 rings (SSSR count). The second kappa shape index (κ2) is 5.22. The van der Waals surface area contributed by atoms with Gasteiger partial charge in [0.1, 0.15) is 0 Å². The third kappa shape index (κ3) is 2.53. The van der Waals surface area contributed by atoms with Gasteiger partial charge in [-0.1, -0.05) is 0 Å². The summed E-state index contributed by atoms with van der Waals surface area (Å²) in [6, 6.07) is -0.126. The van der Waals surface area contributed by atoms with Crippen molar-refractivity contribution in [2.75, 3.05) is 19.6 Å². The lowest BCUT2D eigenvalue weighted by atomic mass is 9.53. The first-order valence-corrected chi connectivity index (χ1v) is 8.96. The predicted molar refractivity (Wildman–Crippen MR) is 82.2 cm³/mol. The third-order valence-electron chi connectivity index (χ3n) is 6.59. The molecule has 0 radical (unpaired) electrons. The minimum absolute atomic E-state index is 0.0655. The van der Waals surface area contributed by atoms with E-state index in [0.717, 1.165) is 29.2 Å². The Morgan fingerprint density at radius 1 is 1.23 bits per heavy atom. The maximum absolute atomic E-state index is 12.8. The van der Waals surface area contributed by atoms with Crippen LogP contribution in [0.25, 0.3) is 0 Å². The molecule has 2 amide bonds. The van der Waals surface area contributed by atoms with E-state index in [4.69, 9.17) is 0 Å². The predicted octanol–water partition coefficient (Wildman–Crippen LogP) is -0.525. The fourth-order valence-corrected chi connectivity index (χ4v) is 5.91. The zero-order valence-corrected chi connectivity index (χ0v) is 13.5. The van der Waals surface area contributed by atoms with E-state index in [-0.39, 0.29) is 23.4 Å². The van der Waals surface area contributed by atoms with Crippen LogP contribution in [0.1, 0.15) is 45.4 Å². The Bertz CT molecular complexity index is 455. The molecule has 1 heterocycles. The van der Waals surface area contributed by atoms with Crippen LogP contribution < -0.4 is 15.5 Å². The molecule has 5 nitrogen and oxygen atoms in total. The lowest BCUT2D eigenvalue weighted by Gasteiger charge is -2.57. The molecule has 0 spiro atoms. The molecule has 5 fully saturated rings. The summed E-state index contributed by atoms with van der Waals surface area (Å²) in [6.07, 6.45) is 7.74. The molecule has 0 aromatic carbocycles. The number of carbonyl (C=O) groups is 2. The topological polar surface area (TPSA) is 62.6 Å². The monoisotopic (exact) mass is 306 g/mol. The number of carbonyl (C=O) groups excluding carboxylic acids is 2. The van der Waals surface area contributed by atoms with E-state index in [1.165, 1.54) is 38.5 Å². The van der Waals surface area contributed by atoms with Crippen molar-refractivity contribution in [2.24, 2.45) is 17.8 Å². The molecule has 1 aliphatic heterocycles. The first-order valence-electron chi connectivity index (χ1n) is 8.96. The first-order chi connectivity index (χ1) is 10.5. The molecular formula is C17H28N3O2+. The zero-order chi connectivity index (χ0) is 15.3. The fraction of sp³-hybridized carbons (Fsp3) is 0.882. The largest absolute Gasteiger partial charge is 0.346 e. The first kappa shape index (κ1) is 14.5. The van der Waals surface area contributed by atoms with Crippen LogP contribution in [0.3, 0.4) is 0 Å². The molecule has 1 saturated heterocycles. The van der Waals surface area contributed by atoms with Crippen molar-refractivity contribution in [1.29, 1.82) is 0 Å². The summed E-state index contributed by atoms with van der Waals surface area (Å²) in [6.45, 7) is 3.93. The molecule has 0 aromatic rings. The molecule has 5 aliphatic rings. The van der Waals surface area contributed by atoms with Crippen molar-refractivity contribution in [1.82, 2.24) is 10.6 Å². The number of piperazine rings is 1. The van der Waals surface area contributed by atoms with Gasteiger partial charge in [-0.15, -0.1) is 0 Å². The van der Waals surface area contributed by atoms with Crippen molar-refractivity contribution >= 4 is 11.8 Å². The van der Waals surface area contributed by atoms with E-state index in [9.17, 15) is 9.59 Å². The SMILES string of the molecule is C[C@@H](C(=O)NC12CC3CC(CC(C3)C1)C2)[NH+]1CCNC(=O)C1. The lowest BCUT2D eigenvalue weighted by Crippen LogP contribution is -3.19. The van der Waals surface area contributed by atoms with E-state index in [0.29, 0.717) is 13.1 Å². The minimum Gasteiger partial charge on any atom is -0.346 e.